The van der Waals surface area contributed by atoms with Crippen molar-refractivity contribution in [3.63, 3.8) is 0 Å². The van der Waals surface area contributed by atoms with Gasteiger partial charge in [-0.3, -0.25) is 0 Å². The van der Waals surface area contributed by atoms with Crippen molar-refractivity contribution in [2.24, 2.45) is 0 Å². The third-order valence-electron chi connectivity index (χ3n) is 5.67. The first-order valence-corrected chi connectivity index (χ1v) is 10.7. The molecule has 3 N–H and O–H groups in total. The Kier molecular flexibility index (Phi) is 7.89. The second-order valence-corrected chi connectivity index (χ2v) is 8.51. The zero-order chi connectivity index (χ0) is 22.4. The lowest BCUT2D eigenvalue weighted by atomic mass is 9.85. The van der Waals surface area contributed by atoms with Crippen molar-refractivity contribution in [3.8, 4) is 5.75 Å². The molecule has 2 atom stereocenters. The van der Waals surface area contributed by atoms with Gasteiger partial charge in [0.15, 0.2) is 0 Å². The summed E-state index contributed by atoms with van der Waals surface area (Å²) >= 11 is 5.85. The van der Waals surface area contributed by atoms with E-state index in [0.717, 1.165) is 5.56 Å². The number of hydrogen-bond donors (Lipinski definition) is 3. The molecule has 31 heavy (non-hydrogen) atoms. The normalized spacial score (nSPS) is 22.1. The fourth-order valence-electron chi connectivity index (χ4n) is 4.07. The number of carboxylic acids is 1. The third-order valence-corrected chi connectivity index (χ3v) is 5.90. The maximum absolute atomic E-state index is 13.2. The van der Waals surface area contributed by atoms with Gasteiger partial charge in [0.1, 0.15) is 17.1 Å². The minimum atomic E-state index is -1.12. The van der Waals surface area contributed by atoms with E-state index in [0.29, 0.717) is 50.1 Å². The van der Waals surface area contributed by atoms with Crippen LogP contribution in [0.5, 0.6) is 5.75 Å². The molecule has 0 amide bonds. The molecular formula is C23H27ClFNO5. The van der Waals surface area contributed by atoms with Crippen LogP contribution in [0.15, 0.2) is 42.5 Å². The lowest BCUT2D eigenvalue weighted by Gasteiger charge is -2.31. The van der Waals surface area contributed by atoms with E-state index in [1.807, 2.05) is 0 Å². The smallest absolute Gasteiger partial charge is 0.339 e. The minimum Gasteiger partial charge on any atom is -0.493 e. The average Bonchev–Trinajstić information content (AvgIpc) is 2.86. The molecule has 1 heterocycles. The summed E-state index contributed by atoms with van der Waals surface area (Å²) in [7, 11) is 0. The van der Waals surface area contributed by atoms with Gasteiger partial charge < -0.3 is 20.2 Å². The lowest BCUT2D eigenvalue weighted by Crippen LogP contribution is -2.39. The number of aromatic carboxylic acids is 1. The van der Waals surface area contributed by atoms with Crippen LogP contribution < -0.4 is 4.74 Å². The van der Waals surface area contributed by atoms with Crippen LogP contribution >= 0.6 is 11.6 Å². The molecule has 0 bridgehead atoms. The van der Waals surface area contributed by atoms with Crippen molar-refractivity contribution in [3.05, 3.63) is 64.4 Å². The molecule has 0 aliphatic carbocycles. The quantitative estimate of drug-likeness (QED) is 0.510. The van der Waals surface area contributed by atoms with Gasteiger partial charge in [0, 0.05) is 17.6 Å². The molecule has 0 spiro atoms. The van der Waals surface area contributed by atoms with Gasteiger partial charge in [-0.1, -0.05) is 23.7 Å². The molecule has 168 valence electrons. The number of aliphatic hydroxyl groups is 1. The predicted octanol–water partition coefficient (Wildman–Crippen LogP) is 4.55. The maximum atomic E-state index is 13.2. The molecule has 8 heteroatoms. The van der Waals surface area contributed by atoms with Crippen molar-refractivity contribution in [1.82, 2.24) is 5.06 Å². The van der Waals surface area contributed by atoms with E-state index in [2.05, 4.69) is 0 Å². The molecule has 3 rings (SSSR count). The number of halogens is 2. The summed E-state index contributed by atoms with van der Waals surface area (Å²) in [5, 5.41) is 32.4. The van der Waals surface area contributed by atoms with Gasteiger partial charge in [0.05, 0.1) is 12.2 Å². The van der Waals surface area contributed by atoms with Gasteiger partial charge in [-0.15, -0.1) is 0 Å². The number of hydrogen-bond acceptors (Lipinski definition) is 5. The summed E-state index contributed by atoms with van der Waals surface area (Å²) in [5.74, 6) is -1.19. The SMILES string of the molecule is O=C(O)c1cc(Cl)ccc1OCCCC1(O)CCCN(O)C(Cc2ccc(F)cc2)C1. The van der Waals surface area contributed by atoms with Gasteiger partial charge in [-0.2, -0.15) is 5.06 Å². The van der Waals surface area contributed by atoms with Crippen molar-refractivity contribution >= 4 is 17.6 Å². The van der Waals surface area contributed by atoms with E-state index in [4.69, 9.17) is 16.3 Å². The average molecular weight is 452 g/mol. The van der Waals surface area contributed by atoms with Crippen LogP contribution in [0.4, 0.5) is 4.39 Å². The van der Waals surface area contributed by atoms with Crippen molar-refractivity contribution in [2.75, 3.05) is 13.2 Å². The maximum Gasteiger partial charge on any atom is 0.339 e. The molecule has 1 aliphatic rings. The monoisotopic (exact) mass is 451 g/mol. The molecule has 2 aromatic carbocycles. The predicted molar refractivity (Wildman–Crippen MR) is 114 cm³/mol. The lowest BCUT2D eigenvalue weighted by molar-refractivity contribution is -0.132. The Bertz CT molecular complexity index is 894. The van der Waals surface area contributed by atoms with E-state index >= 15 is 0 Å². The van der Waals surface area contributed by atoms with Gasteiger partial charge in [0.25, 0.3) is 0 Å². The summed E-state index contributed by atoms with van der Waals surface area (Å²) < 4.78 is 18.8. The molecule has 0 radical (unpaired) electrons. The number of ether oxygens (including phenoxy) is 1. The second kappa shape index (κ2) is 10.4. The molecule has 1 fully saturated rings. The van der Waals surface area contributed by atoms with Crippen molar-refractivity contribution in [1.29, 1.82) is 0 Å². The zero-order valence-electron chi connectivity index (χ0n) is 17.1. The summed E-state index contributed by atoms with van der Waals surface area (Å²) in [5.41, 5.74) is -0.0841. The Labute approximate surface area is 185 Å². The van der Waals surface area contributed by atoms with Crippen LogP contribution in [-0.4, -0.2) is 51.2 Å². The molecule has 0 saturated carbocycles. The van der Waals surface area contributed by atoms with E-state index in [1.54, 1.807) is 18.2 Å². The first-order chi connectivity index (χ1) is 14.8. The fourth-order valence-corrected chi connectivity index (χ4v) is 4.25. The largest absolute Gasteiger partial charge is 0.493 e. The topological polar surface area (TPSA) is 90.2 Å². The standard InChI is InChI=1S/C23H27ClFNO5/c24-17-5-8-21(20(14-17)22(27)28)31-12-2-10-23(29)9-1-11-26(30)19(15-23)13-16-3-6-18(25)7-4-16/h3-8,14,19,29-30H,1-2,9-13,15H2,(H,27,28). The fraction of sp³-hybridized carbons (Fsp3) is 0.435. The second-order valence-electron chi connectivity index (χ2n) is 8.08. The van der Waals surface area contributed by atoms with Gasteiger partial charge in [-0.25, -0.2) is 9.18 Å². The first-order valence-electron chi connectivity index (χ1n) is 10.3. The molecule has 2 unspecified atom stereocenters. The summed E-state index contributed by atoms with van der Waals surface area (Å²) in [6, 6.07) is 10.3. The summed E-state index contributed by atoms with van der Waals surface area (Å²) in [6.45, 7) is 0.701. The number of nitrogens with zero attached hydrogens (tertiary/aromatic N) is 1. The van der Waals surface area contributed by atoms with Crippen molar-refractivity contribution < 1.29 is 29.3 Å². The van der Waals surface area contributed by atoms with Gasteiger partial charge in [-0.05, 0) is 74.4 Å². The zero-order valence-corrected chi connectivity index (χ0v) is 17.9. The molecule has 6 nitrogen and oxygen atoms in total. The number of rotatable bonds is 8. The van der Waals surface area contributed by atoms with Crippen LogP contribution in [0.2, 0.25) is 5.02 Å². The Morgan fingerprint density at radius 1 is 1.26 bits per heavy atom. The highest BCUT2D eigenvalue weighted by atomic mass is 35.5. The molecule has 2 aromatic rings. The van der Waals surface area contributed by atoms with Gasteiger partial charge in [0.2, 0.25) is 0 Å². The number of carbonyl (C=O) groups is 1. The molecule has 1 saturated heterocycles. The Balaban J connectivity index is 1.57. The van der Waals surface area contributed by atoms with Crippen LogP contribution in [0, 0.1) is 5.82 Å². The van der Waals surface area contributed by atoms with E-state index < -0.39 is 11.6 Å². The Morgan fingerprint density at radius 3 is 2.71 bits per heavy atom. The van der Waals surface area contributed by atoms with E-state index in [-0.39, 0.29) is 29.8 Å². The van der Waals surface area contributed by atoms with E-state index in [1.165, 1.54) is 29.3 Å². The highest BCUT2D eigenvalue weighted by Crippen LogP contribution is 2.32. The first kappa shape index (κ1) is 23.5. The number of benzene rings is 2. The van der Waals surface area contributed by atoms with Crippen LogP contribution in [0.1, 0.15) is 48.0 Å². The van der Waals surface area contributed by atoms with Crippen LogP contribution in [0.3, 0.4) is 0 Å². The molecule has 0 aromatic heterocycles. The molecular weight excluding hydrogens is 425 g/mol. The van der Waals surface area contributed by atoms with E-state index in [9.17, 15) is 24.6 Å². The third kappa shape index (κ3) is 6.64. The minimum absolute atomic E-state index is 0.00374. The highest BCUT2D eigenvalue weighted by Gasteiger charge is 2.35. The Morgan fingerprint density at radius 2 is 2.00 bits per heavy atom. The van der Waals surface area contributed by atoms with Crippen LogP contribution in [0.25, 0.3) is 0 Å². The van der Waals surface area contributed by atoms with Gasteiger partial charge >= 0.3 is 5.97 Å². The summed E-state index contributed by atoms with van der Waals surface area (Å²) in [6.07, 6.45) is 3.05. The number of carboxylic acid groups (broad SMARTS) is 1. The van der Waals surface area contributed by atoms with Crippen LogP contribution in [-0.2, 0) is 6.42 Å². The number of hydroxylamine groups is 2. The van der Waals surface area contributed by atoms with Crippen molar-refractivity contribution in [2.45, 2.75) is 50.2 Å². The molecule has 1 aliphatic heterocycles. The Hall–Kier alpha value is -2.19. The summed E-state index contributed by atoms with van der Waals surface area (Å²) in [4.78, 5) is 11.4. The highest BCUT2D eigenvalue weighted by molar-refractivity contribution is 6.31.